The van der Waals surface area contributed by atoms with Crippen LogP contribution in [0.5, 0.6) is 0 Å². The zero-order valence-corrected chi connectivity index (χ0v) is 44.9. The maximum atomic E-state index is 12.4. The lowest BCUT2D eigenvalue weighted by molar-refractivity contribution is -0.143. The van der Waals surface area contributed by atoms with Crippen molar-refractivity contribution in [2.75, 3.05) is 13.2 Å². The van der Waals surface area contributed by atoms with Crippen molar-refractivity contribution in [3.63, 3.8) is 0 Å². The first kappa shape index (κ1) is 65.1. The van der Waals surface area contributed by atoms with Gasteiger partial charge in [-0.05, 0) is 64.2 Å². The highest BCUT2D eigenvalue weighted by atomic mass is 16.5. The SMILES string of the molecule is CCCCC/C=C\C/C=C\CCCCCCCCCC(=O)OCCCCCCCCCCCCCCCCCCCCCCCC(=O)NC(CO)C(O)/C=C/CCCCCCCCCCCC. The molecular weight excluding hydrogens is 827 g/mol. The highest BCUT2D eigenvalue weighted by molar-refractivity contribution is 5.76. The smallest absolute Gasteiger partial charge is 0.305 e. The molecule has 0 bridgehead atoms. The Morgan fingerprint density at radius 2 is 0.746 bits per heavy atom. The van der Waals surface area contributed by atoms with E-state index in [2.05, 4.69) is 43.5 Å². The molecule has 0 aliphatic heterocycles. The Labute approximate surface area is 417 Å². The summed E-state index contributed by atoms with van der Waals surface area (Å²) in [5, 5.41) is 23.0. The molecule has 0 saturated carbocycles. The molecule has 0 aliphatic rings. The van der Waals surface area contributed by atoms with E-state index in [9.17, 15) is 19.8 Å². The molecule has 0 aromatic carbocycles. The fourth-order valence-electron chi connectivity index (χ4n) is 9.08. The third-order valence-electron chi connectivity index (χ3n) is 13.7. The number of hydrogen-bond donors (Lipinski definition) is 3. The van der Waals surface area contributed by atoms with Crippen molar-refractivity contribution >= 4 is 11.9 Å². The van der Waals surface area contributed by atoms with Crippen LogP contribution in [-0.2, 0) is 14.3 Å². The first-order chi connectivity index (χ1) is 33.0. The average Bonchev–Trinajstić information content (AvgIpc) is 3.33. The summed E-state index contributed by atoms with van der Waals surface area (Å²) in [5.41, 5.74) is 0. The maximum absolute atomic E-state index is 12.4. The number of rotatable bonds is 55. The van der Waals surface area contributed by atoms with Crippen molar-refractivity contribution < 1.29 is 24.5 Å². The van der Waals surface area contributed by atoms with Crippen molar-refractivity contribution in [3.8, 4) is 0 Å². The van der Waals surface area contributed by atoms with Gasteiger partial charge in [-0.2, -0.15) is 0 Å². The van der Waals surface area contributed by atoms with Gasteiger partial charge in [-0.25, -0.2) is 0 Å². The lowest BCUT2D eigenvalue weighted by atomic mass is 10.0. The normalized spacial score (nSPS) is 12.8. The molecule has 0 spiro atoms. The second-order valence-electron chi connectivity index (χ2n) is 20.3. The largest absolute Gasteiger partial charge is 0.466 e. The molecule has 2 unspecified atom stereocenters. The molecule has 0 aromatic heterocycles. The van der Waals surface area contributed by atoms with Crippen LogP contribution in [0.4, 0.5) is 0 Å². The Morgan fingerprint density at radius 1 is 0.418 bits per heavy atom. The number of amides is 1. The molecule has 1 amide bonds. The topological polar surface area (TPSA) is 95.9 Å². The minimum absolute atomic E-state index is 0.00342. The lowest BCUT2D eigenvalue weighted by Crippen LogP contribution is -2.45. The number of unbranched alkanes of at least 4 members (excludes halogenated alkanes) is 40. The Hall–Kier alpha value is -1.92. The van der Waals surface area contributed by atoms with Gasteiger partial charge in [0.25, 0.3) is 0 Å². The molecular formula is C61H115NO5. The molecule has 0 saturated heterocycles. The molecule has 67 heavy (non-hydrogen) atoms. The Balaban J connectivity index is 3.39. The lowest BCUT2D eigenvalue weighted by Gasteiger charge is -2.20. The van der Waals surface area contributed by atoms with Crippen LogP contribution >= 0.6 is 0 Å². The number of carbonyl (C=O) groups excluding carboxylic acids is 2. The van der Waals surface area contributed by atoms with E-state index < -0.39 is 12.1 Å². The first-order valence-electron chi connectivity index (χ1n) is 29.8. The monoisotopic (exact) mass is 942 g/mol. The van der Waals surface area contributed by atoms with E-state index in [4.69, 9.17) is 4.74 Å². The standard InChI is InChI=1S/C61H115NO5/c1-3-5-7-9-11-13-15-17-18-24-28-31-35-39-43-47-51-55-61(66)67-56-52-48-44-40-36-32-29-26-23-21-19-20-22-25-27-30-34-38-42-46-50-54-60(65)62-58(57-63)59(64)53-49-45-41-37-33-16-14-12-10-8-6-4-2/h11,13,17-18,49,53,58-59,63-64H,3-10,12,14-16,19-48,50-52,54-57H2,1-2H3,(H,62,65)/b13-11-,18-17-,53-49+. The van der Waals surface area contributed by atoms with E-state index in [0.29, 0.717) is 19.4 Å². The number of esters is 1. The van der Waals surface area contributed by atoms with Gasteiger partial charge in [0.05, 0.1) is 25.4 Å². The molecule has 0 fully saturated rings. The molecule has 0 radical (unpaired) electrons. The van der Waals surface area contributed by atoms with Crippen LogP contribution in [0.3, 0.4) is 0 Å². The van der Waals surface area contributed by atoms with Crippen molar-refractivity contribution in [2.45, 2.75) is 328 Å². The number of hydrogen-bond acceptors (Lipinski definition) is 5. The van der Waals surface area contributed by atoms with E-state index >= 15 is 0 Å². The van der Waals surface area contributed by atoms with E-state index in [1.54, 1.807) is 6.08 Å². The van der Waals surface area contributed by atoms with Gasteiger partial charge in [0.1, 0.15) is 0 Å². The Morgan fingerprint density at radius 3 is 1.16 bits per heavy atom. The predicted octanol–water partition coefficient (Wildman–Crippen LogP) is 18.4. The van der Waals surface area contributed by atoms with E-state index in [1.165, 1.54) is 238 Å². The predicted molar refractivity (Wildman–Crippen MR) is 292 cm³/mol. The van der Waals surface area contributed by atoms with Crippen LogP contribution in [0.2, 0.25) is 0 Å². The summed E-state index contributed by atoms with van der Waals surface area (Å²) in [7, 11) is 0. The number of carbonyl (C=O) groups is 2. The molecule has 0 aromatic rings. The summed E-state index contributed by atoms with van der Waals surface area (Å²) < 4.78 is 5.49. The van der Waals surface area contributed by atoms with Gasteiger partial charge in [0, 0.05) is 12.8 Å². The second-order valence-corrected chi connectivity index (χ2v) is 20.3. The van der Waals surface area contributed by atoms with Gasteiger partial charge in [0.15, 0.2) is 0 Å². The molecule has 0 aliphatic carbocycles. The van der Waals surface area contributed by atoms with Gasteiger partial charge in [0.2, 0.25) is 5.91 Å². The van der Waals surface area contributed by atoms with E-state index in [0.717, 1.165) is 51.4 Å². The quantitative estimate of drug-likeness (QED) is 0.0321. The van der Waals surface area contributed by atoms with Crippen molar-refractivity contribution in [3.05, 3.63) is 36.5 Å². The number of aliphatic hydroxyl groups is 2. The Kier molecular flexibility index (Phi) is 55.0. The molecule has 3 N–H and O–H groups in total. The third kappa shape index (κ3) is 53.3. The van der Waals surface area contributed by atoms with Crippen LogP contribution in [0.25, 0.3) is 0 Å². The van der Waals surface area contributed by atoms with Crippen LogP contribution in [0.15, 0.2) is 36.5 Å². The average molecular weight is 943 g/mol. The zero-order valence-electron chi connectivity index (χ0n) is 44.9. The highest BCUT2D eigenvalue weighted by Crippen LogP contribution is 2.17. The summed E-state index contributed by atoms with van der Waals surface area (Å²) in [4.78, 5) is 24.5. The summed E-state index contributed by atoms with van der Waals surface area (Å²) in [6.07, 6.45) is 70.3. The van der Waals surface area contributed by atoms with Crippen LogP contribution < -0.4 is 5.32 Å². The van der Waals surface area contributed by atoms with E-state index in [1.807, 2.05) is 6.08 Å². The third-order valence-corrected chi connectivity index (χ3v) is 13.7. The first-order valence-corrected chi connectivity index (χ1v) is 29.8. The summed E-state index contributed by atoms with van der Waals surface area (Å²) >= 11 is 0. The summed E-state index contributed by atoms with van der Waals surface area (Å²) in [6, 6.07) is -0.628. The zero-order chi connectivity index (χ0) is 48.6. The van der Waals surface area contributed by atoms with Crippen LogP contribution in [0.1, 0.15) is 316 Å². The maximum Gasteiger partial charge on any atom is 0.305 e. The number of allylic oxidation sites excluding steroid dienone is 5. The summed E-state index contributed by atoms with van der Waals surface area (Å²) in [5.74, 6) is -0.0661. The van der Waals surface area contributed by atoms with Crippen LogP contribution in [0, 0.1) is 0 Å². The van der Waals surface area contributed by atoms with E-state index in [-0.39, 0.29) is 18.5 Å². The number of aliphatic hydroxyl groups excluding tert-OH is 2. The molecule has 6 nitrogen and oxygen atoms in total. The number of ether oxygens (including phenoxy) is 1. The molecule has 0 heterocycles. The molecule has 394 valence electrons. The second kappa shape index (κ2) is 56.7. The highest BCUT2D eigenvalue weighted by Gasteiger charge is 2.18. The minimum atomic E-state index is -0.844. The minimum Gasteiger partial charge on any atom is -0.466 e. The van der Waals surface area contributed by atoms with Gasteiger partial charge in [-0.3, -0.25) is 9.59 Å². The van der Waals surface area contributed by atoms with Gasteiger partial charge in [-0.15, -0.1) is 0 Å². The molecule has 0 rings (SSSR count). The van der Waals surface area contributed by atoms with Crippen molar-refractivity contribution in [2.24, 2.45) is 0 Å². The van der Waals surface area contributed by atoms with Crippen molar-refractivity contribution in [1.29, 1.82) is 0 Å². The van der Waals surface area contributed by atoms with Gasteiger partial charge >= 0.3 is 5.97 Å². The van der Waals surface area contributed by atoms with Gasteiger partial charge < -0.3 is 20.3 Å². The fourth-order valence-corrected chi connectivity index (χ4v) is 9.08. The fraction of sp³-hybridized carbons (Fsp3) is 0.869. The van der Waals surface area contributed by atoms with Gasteiger partial charge in [-0.1, -0.05) is 275 Å². The molecule has 2 atom stereocenters. The van der Waals surface area contributed by atoms with Crippen molar-refractivity contribution in [1.82, 2.24) is 5.32 Å². The number of nitrogens with one attached hydrogen (secondary N) is 1. The summed E-state index contributed by atoms with van der Waals surface area (Å²) in [6.45, 7) is 4.87. The molecule has 6 heteroatoms. The van der Waals surface area contributed by atoms with Crippen LogP contribution in [-0.4, -0.2) is 47.4 Å². The Bertz CT molecular complexity index is 1090.